The summed E-state index contributed by atoms with van der Waals surface area (Å²) in [5, 5.41) is 8.92. The number of carboxylic acids is 1. The van der Waals surface area contributed by atoms with Crippen molar-refractivity contribution in [2.45, 2.75) is 30.6 Å². The van der Waals surface area contributed by atoms with E-state index in [1.807, 2.05) is 24.3 Å². The van der Waals surface area contributed by atoms with E-state index in [-0.39, 0.29) is 16.1 Å². The van der Waals surface area contributed by atoms with Gasteiger partial charge in [0.1, 0.15) is 0 Å². The zero-order valence-corrected chi connectivity index (χ0v) is 17.7. The molecule has 1 aliphatic carbocycles. The molecule has 0 heterocycles. The van der Waals surface area contributed by atoms with Crippen molar-refractivity contribution >= 4 is 28.4 Å². The molecule has 4 heteroatoms. The third kappa shape index (κ3) is 3.96. The molecule has 1 aliphatic rings. The molecule has 3 nitrogen and oxygen atoms in total. The fraction of sp³-hybridized carbons (Fsp3) is 0.154. The number of aromatic carboxylic acids is 1. The predicted molar refractivity (Wildman–Crippen MR) is 121 cm³/mol. The van der Waals surface area contributed by atoms with Gasteiger partial charge in [0.2, 0.25) is 5.12 Å². The first-order chi connectivity index (χ1) is 14.3. The third-order valence-electron chi connectivity index (χ3n) is 5.49. The molecule has 0 bridgehead atoms. The Balaban J connectivity index is 1.66. The maximum absolute atomic E-state index is 12.7. The number of carbonyl (C=O) groups is 2. The second-order valence-corrected chi connectivity index (χ2v) is 9.10. The van der Waals surface area contributed by atoms with Crippen LogP contribution in [-0.4, -0.2) is 16.2 Å². The summed E-state index contributed by atoms with van der Waals surface area (Å²) < 4.78 is 0. The van der Waals surface area contributed by atoms with Gasteiger partial charge in [-0.2, -0.15) is 0 Å². The van der Waals surface area contributed by atoms with E-state index in [1.165, 1.54) is 40.6 Å². The first-order valence-electron chi connectivity index (χ1n) is 9.81. The molecule has 0 saturated carbocycles. The Labute approximate surface area is 180 Å². The van der Waals surface area contributed by atoms with Gasteiger partial charge in [-0.05, 0) is 82.3 Å². The molecule has 0 amide bonds. The van der Waals surface area contributed by atoms with Crippen molar-refractivity contribution in [2.24, 2.45) is 0 Å². The maximum Gasteiger partial charge on any atom is 0.335 e. The van der Waals surface area contributed by atoms with Crippen molar-refractivity contribution in [1.29, 1.82) is 0 Å². The Hall–Kier alpha value is -3.11. The molecule has 3 aromatic rings. The second-order valence-electron chi connectivity index (χ2n) is 8.05. The highest BCUT2D eigenvalue weighted by Gasteiger charge is 2.29. The number of allylic oxidation sites excluding steroid dienone is 1. The summed E-state index contributed by atoms with van der Waals surface area (Å²) in [6.45, 7) is 4.48. The second kappa shape index (κ2) is 7.96. The number of hydrogen-bond donors (Lipinski definition) is 1. The highest BCUT2D eigenvalue weighted by atomic mass is 32.2. The van der Waals surface area contributed by atoms with Crippen molar-refractivity contribution in [3.05, 3.63) is 107 Å². The van der Waals surface area contributed by atoms with Crippen LogP contribution in [-0.2, 0) is 5.41 Å². The average Bonchev–Trinajstić information content (AvgIpc) is 2.74. The van der Waals surface area contributed by atoms with Gasteiger partial charge >= 0.3 is 5.97 Å². The smallest absolute Gasteiger partial charge is 0.335 e. The van der Waals surface area contributed by atoms with Gasteiger partial charge in [0.25, 0.3) is 0 Å². The fourth-order valence-corrected chi connectivity index (χ4v) is 4.56. The number of thioether (sulfide) groups is 1. The highest BCUT2D eigenvalue weighted by Crippen LogP contribution is 2.42. The van der Waals surface area contributed by atoms with Crippen LogP contribution < -0.4 is 0 Å². The number of carbonyl (C=O) groups excluding carboxylic acids is 1. The minimum Gasteiger partial charge on any atom is -0.478 e. The van der Waals surface area contributed by atoms with Crippen molar-refractivity contribution < 1.29 is 14.7 Å². The van der Waals surface area contributed by atoms with Crippen molar-refractivity contribution in [3.8, 4) is 0 Å². The Morgan fingerprint density at radius 2 is 1.57 bits per heavy atom. The molecule has 0 aromatic heterocycles. The van der Waals surface area contributed by atoms with Gasteiger partial charge in [-0.3, -0.25) is 4.79 Å². The van der Waals surface area contributed by atoms with Crippen LogP contribution in [0.25, 0.3) is 5.57 Å². The molecular weight excluding hydrogens is 392 g/mol. The lowest BCUT2D eigenvalue weighted by molar-refractivity contribution is 0.0696. The van der Waals surface area contributed by atoms with Gasteiger partial charge in [-0.1, -0.05) is 56.3 Å². The zero-order valence-electron chi connectivity index (χ0n) is 16.9. The first-order valence-corrected chi connectivity index (χ1v) is 10.6. The van der Waals surface area contributed by atoms with Gasteiger partial charge < -0.3 is 5.11 Å². The minimum atomic E-state index is -1.00. The number of carboxylic acid groups (broad SMARTS) is 1. The van der Waals surface area contributed by atoms with E-state index in [9.17, 15) is 9.59 Å². The van der Waals surface area contributed by atoms with E-state index in [4.69, 9.17) is 5.11 Å². The fourth-order valence-electron chi connectivity index (χ4n) is 3.78. The molecule has 4 rings (SSSR count). The van der Waals surface area contributed by atoms with E-state index in [1.54, 1.807) is 12.1 Å². The van der Waals surface area contributed by atoms with Gasteiger partial charge in [0.15, 0.2) is 0 Å². The summed E-state index contributed by atoms with van der Waals surface area (Å²) in [6.07, 6.45) is 3.25. The van der Waals surface area contributed by atoms with Crippen LogP contribution in [0.5, 0.6) is 0 Å². The van der Waals surface area contributed by atoms with Crippen LogP contribution in [0.2, 0.25) is 0 Å². The number of hydrogen-bond acceptors (Lipinski definition) is 3. The SMILES string of the molecule is CC1(C)CC=C(c2ccccc2)c2cc(SC(=O)c3ccc(C(=O)O)cc3)ccc21. The van der Waals surface area contributed by atoms with E-state index in [0.29, 0.717) is 5.56 Å². The number of benzene rings is 3. The third-order valence-corrected chi connectivity index (χ3v) is 6.40. The van der Waals surface area contributed by atoms with E-state index in [0.717, 1.165) is 16.9 Å². The summed E-state index contributed by atoms with van der Waals surface area (Å²) in [5.74, 6) is -1.00. The Morgan fingerprint density at radius 1 is 0.900 bits per heavy atom. The van der Waals surface area contributed by atoms with Crippen molar-refractivity contribution in [3.63, 3.8) is 0 Å². The largest absolute Gasteiger partial charge is 0.478 e. The quantitative estimate of drug-likeness (QED) is 0.500. The van der Waals surface area contributed by atoms with Gasteiger partial charge in [0, 0.05) is 10.5 Å². The molecule has 0 fully saturated rings. The lowest BCUT2D eigenvalue weighted by Crippen LogP contribution is -2.21. The monoisotopic (exact) mass is 414 g/mol. The average molecular weight is 415 g/mol. The zero-order chi connectivity index (χ0) is 21.3. The lowest BCUT2D eigenvalue weighted by atomic mass is 9.72. The highest BCUT2D eigenvalue weighted by molar-refractivity contribution is 8.14. The molecular formula is C26H22O3S. The topological polar surface area (TPSA) is 54.4 Å². The molecule has 0 atom stereocenters. The Bertz CT molecular complexity index is 1140. The van der Waals surface area contributed by atoms with Crippen LogP contribution in [0.15, 0.2) is 83.8 Å². The summed E-state index contributed by atoms with van der Waals surface area (Å²) >= 11 is 1.17. The first kappa shape index (κ1) is 20.2. The molecule has 0 unspecified atom stereocenters. The van der Waals surface area contributed by atoms with Gasteiger partial charge in [-0.15, -0.1) is 0 Å². The maximum atomic E-state index is 12.7. The van der Waals surface area contributed by atoms with E-state index >= 15 is 0 Å². The molecule has 3 aromatic carbocycles. The van der Waals surface area contributed by atoms with Crippen LogP contribution in [0.1, 0.15) is 57.7 Å². The molecule has 30 heavy (non-hydrogen) atoms. The number of fused-ring (bicyclic) bond motifs is 1. The number of rotatable bonds is 4. The standard InChI is InChI=1S/C26H22O3S/c1-26(2)15-14-21(17-6-4-3-5-7-17)22-16-20(12-13-23(22)26)30-25(29)19-10-8-18(9-11-19)24(27)28/h3-14,16H,15H2,1-2H3,(H,27,28). The van der Waals surface area contributed by atoms with Crippen molar-refractivity contribution in [2.75, 3.05) is 0 Å². The van der Waals surface area contributed by atoms with Crippen molar-refractivity contribution in [1.82, 2.24) is 0 Å². The normalized spacial score (nSPS) is 14.5. The molecule has 0 radical (unpaired) electrons. The molecule has 0 spiro atoms. The van der Waals surface area contributed by atoms with Crippen LogP contribution in [0.4, 0.5) is 0 Å². The summed E-state index contributed by atoms with van der Waals surface area (Å²) in [5.41, 5.74) is 5.51. The molecule has 150 valence electrons. The summed E-state index contributed by atoms with van der Waals surface area (Å²) in [6, 6.07) is 22.6. The van der Waals surface area contributed by atoms with E-state index in [2.05, 4.69) is 44.2 Å². The molecule has 1 N–H and O–H groups in total. The molecule has 0 aliphatic heterocycles. The van der Waals surface area contributed by atoms with Crippen LogP contribution >= 0.6 is 11.8 Å². The summed E-state index contributed by atoms with van der Waals surface area (Å²) in [4.78, 5) is 24.6. The Kier molecular flexibility index (Phi) is 5.35. The minimum absolute atomic E-state index is 0.0352. The summed E-state index contributed by atoms with van der Waals surface area (Å²) in [7, 11) is 0. The van der Waals surface area contributed by atoms with Crippen LogP contribution in [0, 0.1) is 0 Å². The molecule has 0 saturated heterocycles. The van der Waals surface area contributed by atoms with Crippen LogP contribution in [0.3, 0.4) is 0 Å². The lowest BCUT2D eigenvalue weighted by Gasteiger charge is -2.32. The van der Waals surface area contributed by atoms with E-state index < -0.39 is 5.97 Å². The van der Waals surface area contributed by atoms with Gasteiger partial charge in [-0.25, -0.2) is 4.79 Å². The predicted octanol–water partition coefficient (Wildman–Crippen LogP) is 6.43. The Morgan fingerprint density at radius 3 is 2.23 bits per heavy atom. The van der Waals surface area contributed by atoms with Gasteiger partial charge in [0.05, 0.1) is 5.56 Å².